The predicted octanol–water partition coefficient (Wildman–Crippen LogP) is -0.0938. The van der Waals surface area contributed by atoms with Crippen molar-refractivity contribution in [3.8, 4) is 0 Å². The monoisotopic (exact) mass is 303 g/mol. The molecule has 0 aromatic heterocycles. The third-order valence-electron chi connectivity index (χ3n) is 3.24. The molecule has 0 bridgehead atoms. The van der Waals surface area contributed by atoms with Crippen LogP contribution in [0.2, 0.25) is 0 Å². The van der Waals surface area contributed by atoms with Crippen molar-refractivity contribution in [1.82, 2.24) is 10.2 Å². The molecule has 0 aromatic rings. The van der Waals surface area contributed by atoms with Crippen LogP contribution in [0.5, 0.6) is 0 Å². The molecule has 7 heteroatoms. The summed E-state index contributed by atoms with van der Waals surface area (Å²) in [5, 5.41) is 3.05. The molecule has 0 aromatic carbocycles. The maximum atomic E-state index is 12.0. The van der Waals surface area contributed by atoms with Gasteiger partial charge in [-0.1, -0.05) is 12.2 Å². The molecule has 1 amide bonds. The molecule has 0 spiro atoms. The predicted molar refractivity (Wildman–Crippen MR) is 81.7 cm³/mol. The molecule has 1 saturated heterocycles. The lowest BCUT2D eigenvalue weighted by molar-refractivity contribution is -0.123. The highest BCUT2D eigenvalue weighted by atomic mass is 32.1. The van der Waals surface area contributed by atoms with Crippen LogP contribution in [0.3, 0.4) is 0 Å². The van der Waals surface area contributed by atoms with Crippen molar-refractivity contribution >= 4 is 23.1 Å². The highest BCUT2D eigenvalue weighted by molar-refractivity contribution is 7.80. The van der Waals surface area contributed by atoms with E-state index in [9.17, 15) is 4.79 Å². The summed E-state index contributed by atoms with van der Waals surface area (Å²) in [7, 11) is 1.65. The van der Waals surface area contributed by atoms with Gasteiger partial charge >= 0.3 is 0 Å². The number of nitrogens with two attached hydrogens (primary N) is 1. The van der Waals surface area contributed by atoms with E-state index < -0.39 is 0 Å². The Balaban J connectivity index is 2.32. The van der Waals surface area contributed by atoms with Gasteiger partial charge in [0.15, 0.2) is 0 Å². The van der Waals surface area contributed by atoms with Gasteiger partial charge in [-0.15, -0.1) is 0 Å². The first-order valence-electron chi connectivity index (χ1n) is 6.98. The smallest absolute Gasteiger partial charge is 0.234 e. The minimum absolute atomic E-state index is 0.0379. The second kappa shape index (κ2) is 10.0. The van der Waals surface area contributed by atoms with E-state index in [1.54, 1.807) is 7.11 Å². The Labute approximate surface area is 126 Å². The molecule has 1 heterocycles. The van der Waals surface area contributed by atoms with Gasteiger partial charge in [-0.2, -0.15) is 0 Å². The lowest BCUT2D eigenvalue weighted by Crippen LogP contribution is -2.45. The third kappa shape index (κ3) is 7.74. The Hall–Kier alpha value is -0.760. The van der Waals surface area contributed by atoms with Crippen LogP contribution in [0.4, 0.5) is 0 Å². The Bertz CT molecular complexity index is 309. The second-order valence-corrected chi connectivity index (χ2v) is 5.46. The zero-order valence-corrected chi connectivity index (χ0v) is 12.9. The fraction of sp³-hybridized carbons (Fsp3) is 0.846. The fourth-order valence-electron chi connectivity index (χ4n) is 2.08. The average Bonchev–Trinajstić information content (AvgIpc) is 2.42. The van der Waals surface area contributed by atoms with Gasteiger partial charge in [0.2, 0.25) is 5.91 Å². The second-order valence-electron chi connectivity index (χ2n) is 4.94. The van der Waals surface area contributed by atoms with Crippen LogP contribution in [0.25, 0.3) is 0 Å². The summed E-state index contributed by atoms with van der Waals surface area (Å²) in [6, 6.07) is 0.233. The number of amides is 1. The van der Waals surface area contributed by atoms with E-state index in [4.69, 9.17) is 27.4 Å². The molecule has 0 radical (unpaired) electrons. The van der Waals surface area contributed by atoms with Crippen LogP contribution in [0, 0.1) is 0 Å². The summed E-state index contributed by atoms with van der Waals surface area (Å²) in [4.78, 5) is 14.5. The van der Waals surface area contributed by atoms with E-state index >= 15 is 0 Å². The van der Waals surface area contributed by atoms with Crippen LogP contribution in [0.15, 0.2) is 0 Å². The third-order valence-corrected chi connectivity index (χ3v) is 3.44. The number of hydrogen-bond donors (Lipinski definition) is 2. The van der Waals surface area contributed by atoms with Gasteiger partial charge in [-0.3, -0.25) is 9.69 Å². The van der Waals surface area contributed by atoms with Gasteiger partial charge < -0.3 is 20.5 Å². The van der Waals surface area contributed by atoms with Crippen LogP contribution in [-0.2, 0) is 14.3 Å². The molecule has 0 saturated carbocycles. The molecule has 0 aliphatic carbocycles. The normalized spacial score (nSPS) is 16.3. The maximum absolute atomic E-state index is 12.0. The van der Waals surface area contributed by atoms with Gasteiger partial charge in [0, 0.05) is 45.9 Å². The molecule has 116 valence electrons. The Morgan fingerprint density at radius 3 is 2.75 bits per heavy atom. The number of ether oxygens (including phenoxy) is 2. The first-order chi connectivity index (χ1) is 9.61. The SMILES string of the molecule is COCCN(CCC(N)=S)CC(=O)NC1CCOCC1. The standard InChI is InChI=1S/C13H25N3O3S/c1-18-9-6-16(5-2-12(14)20)10-13(17)15-11-3-7-19-8-4-11/h11H,2-10H2,1H3,(H2,14,20)(H,15,17). The van der Waals surface area contributed by atoms with E-state index in [1.165, 1.54) is 0 Å². The molecular weight excluding hydrogens is 278 g/mol. The molecule has 1 rings (SSSR count). The average molecular weight is 303 g/mol. The molecule has 1 aliphatic heterocycles. The maximum Gasteiger partial charge on any atom is 0.234 e. The number of carbonyl (C=O) groups is 1. The minimum Gasteiger partial charge on any atom is -0.393 e. The van der Waals surface area contributed by atoms with Crippen LogP contribution >= 0.6 is 12.2 Å². The molecule has 6 nitrogen and oxygen atoms in total. The van der Waals surface area contributed by atoms with Crippen molar-refractivity contribution in [3.05, 3.63) is 0 Å². The van der Waals surface area contributed by atoms with Crippen molar-refractivity contribution in [2.75, 3.05) is 46.6 Å². The van der Waals surface area contributed by atoms with Crippen LogP contribution in [-0.4, -0.2) is 68.4 Å². The summed E-state index contributed by atoms with van der Waals surface area (Å²) >= 11 is 4.88. The molecule has 0 atom stereocenters. The van der Waals surface area contributed by atoms with E-state index in [0.29, 0.717) is 37.7 Å². The number of nitrogens with one attached hydrogen (secondary N) is 1. The Morgan fingerprint density at radius 1 is 1.45 bits per heavy atom. The van der Waals surface area contributed by atoms with Crippen molar-refractivity contribution in [2.24, 2.45) is 5.73 Å². The summed E-state index contributed by atoms with van der Waals surface area (Å²) in [6.45, 7) is 3.75. The fourth-order valence-corrected chi connectivity index (χ4v) is 2.17. The number of methoxy groups -OCH3 is 1. The molecule has 1 aliphatic rings. The van der Waals surface area contributed by atoms with Crippen molar-refractivity contribution in [2.45, 2.75) is 25.3 Å². The molecule has 20 heavy (non-hydrogen) atoms. The zero-order valence-electron chi connectivity index (χ0n) is 12.1. The number of nitrogens with zero attached hydrogens (tertiary/aromatic N) is 1. The van der Waals surface area contributed by atoms with Gasteiger partial charge in [-0.25, -0.2) is 0 Å². The van der Waals surface area contributed by atoms with E-state index in [-0.39, 0.29) is 11.9 Å². The van der Waals surface area contributed by atoms with Crippen molar-refractivity contribution in [3.63, 3.8) is 0 Å². The number of hydrogen-bond acceptors (Lipinski definition) is 5. The lowest BCUT2D eigenvalue weighted by atomic mass is 10.1. The van der Waals surface area contributed by atoms with Gasteiger partial charge in [0.25, 0.3) is 0 Å². The topological polar surface area (TPSA) is 76.8 Å². The van der Waals surface area contributed by atoms with Crippen molar-refractivity contribution < 1.29 is 14.3 Å². The van der Waals surface area contributed by atoms with Crippen molar-refractivity contribution in [1.29, 1.82) is 0 Å². The molecule has 3 N–H and O–H groups in total. The number of rotatable bonds is 9. The van der Waals surface area contributed by atoms with Crippen LogP contribution in [0.1, 0.15) is 19.3 Å². The van der Waals surface area contributed by atoms with E-state index in [2.05, 4.69) is 5.32 Å². The Morgan fingerprint density at radius 2 is 2.15 bits per heavy atom. The summed E-state index contributed by atoms with van der Waals surface area (Å²) in [6.07, 6.45) is 2.39. The summed E-state index contributed by atoms with van der Waals surface area (Å²) in [5.74, 6) is 0.0379. The van der Waals surface area contributed by atoms with E-state index in [1.807, 2.05) is 4.90 Å². The van der Waals surface area contributed by atoms with E-state index in [0.717, 1.165) is 26.1 Å². The largest absolute Gasteiger partial charge is 0.393 e. The number of carbonyl (C=O) groups excluding carboxylic acids is 1. The first kappa shape index (κ1) is 17.3. The Kier molecular flexibility index (Phi) is 8.68. The quantitative estimate of drug-likeness (QED) is 0.580. The lowest BCUT2D eigenvalue weighted by Gasteiger charge is -2.26. The minimum atomic E-state index is 0.0379. The zero-order chi connectivity index (χ0) is 14.8. The summed E-state index contributed by atoms with van der Waals surface area (Å²) in [5.41, 5.74) is 5.51. The highest BCUT2D eigenvalue weighted by Crippen LogP contribution is 2.06. The first-order valence-corrected chi connectivity index (χ1v) is 7.39. The van der Waals surface area contributed by atoms with Crippen LogP contribution < -0.4 is 11.1 Å². The summed E-state index contributed by atoms with van der Waals surface area (Å²) < 4.78 is 10.3. The number of thiocarbonyl (C=S) groups is 1. The van der Waals surface area contributed by atoms with Gasteiger partial charge in [0.05, 0.1) is 18.1 Å². The molecule has 0 unspecified atom stereocenters. The van der Waals surface area contributed by atoms with Gasteiger partial charge in [-0.05, 0) is 12.8 Å². The molecular formula is C13H25N3O3S. The molecule has 1 fully saturated rings. The van der Waals surface area contributed by atoms with Gasteiger partial charge in [0.1, 0.15) is 0 Å². The highest BCUT2D eigenvalue weighted by Gasteiger charge is 2.17.